The van der Waals surface area contributed by atoms with Gasteiger partial charge in [-0.3, -0.25) is 0 Å². The van der Waals surface area contributed by atoms with Gasteiger partial charge < -0.3 is 19.3 Å². The average molecular weight is 345 g/mol. The van der Waals surface area contributed by atoms with Gasteiger partial charge in [0, 0.05) is 18.3 Å². The number of aliphatic hydroxyl groups is 1. The second-order valence-electron chi connectivity index (χ2n) is 10.2. The molecule has 0 aliphatic carbocycles. The summed E-state index contributed by atoms with van der Waals surface area (Å²) in [6.45, 7) is 19.5. The van der Waals surface area contributed by atoms with E-state index in [1.807, 2.05) is 0 Å². The molecule has 0 aromatic carbocycles. The van der Waals surface area contributed by atoms with Crippen molar-refractivity contribution < 1.29 is 19.3 Å². The minimum atomic E-state index is -0.514. The lowest BCUT2D eigenvalue weighted by Crippen LogP contribution is -2.54. The van der Waals surface area contributed by atoms with Crippen LogP contribution >= 0.6 is 0 Å². The molecular formula is C20H40O4. The third-order valence-corrected chi connectivity index (χ3v) is 4.40. The fourth-order valence-electron chi connectivity index (χ4n) is 3.37. The maximum Gasteiger partial charge on any atom is 0.169 e. The molecule has 1 saturated heterocycles. The highest BCUT2D eigenvalue weighted by Gasteiger charge is 2.47. The summed E-state index contributed by atoms with van der Waals surface area (Å²) in [5, 5.41) is 9.39. The number of rotatable bonds is 7. The van der Waals surface area contributed by atoms with E-state index >= 15 is 0 Å². The van der Waals surface area contributed by atoms with Crippen molar-refractivity contribution in [2.75, 3.05) is 26.4 Å². The summed E-state index contributed by atoms with van der Waals surface area (Å²) in [4.78, 5) is 0. The van der Waals surface area contributed by atoms with Crippen LogP contribution in [0.1, 0.15) is 74.7 Å². The highest BCUT2D eigenvalue weighted by molar-refractivity contribution is 4.90. The zero-order valence-electron chi connectivity index (χ0n) is 17.2. The van der Waals surface area contributed by atoms with E-state index in [0.717, 1.165) is 19.3 Å². The molecule has 1 unspecified atom stereocenters. The predicted octanol–water partition coefficient (Wildman–Crippen LogP) is 4.40. The van der Waals surface area contributed by atoms with Crippen molar-refractivity contribution in [3.05, 3.63) is 0 Å². The maximum atomic E-state index is 9.39. The Morgan fingerprint density at radius 3 is 1.79 bits per heavy atom. The van der Waals surface area contributed by atoms with Gasteiger partial charge in [0.1, 0.15) is 0 Å². The van der Waals surface area contributed by atoms with Gasteiger partial charge in [0.2, 0.25) is 0 Å². The number of hydrogen-bond acceptors (Lipinski definition) is 4. The van der Waals surface area contributed by atoms with Crippen molar-refractivity contribution in [2.24, 2.45) is 16.2 Å². The lowest BCUT2D eigenvalue weighted by atomic mass is 9.78. The van der Waals surface area contributed by atoms with Crippen LogP contribution in [0, 0.1) is 16.2 Å². The first-order valence-corrected chi connectivity index (χ1v) is 9.34. The largest absolute Gasteiger partial charge is 0.391 e. The molecule has 1 N–H and O–H groups in total. The molecule has 0 spiro atoms. The number of hydrogen-bond donors (Lipinski definition) is 1. The van der Waals surface area contributed by atoms with Gasteiger partial charge >= 0.3 is 0 Å². The van der Waals surface area contributed by atoms with Crippen molar-refractivity contribution in [3.63, 3.8) is 0 Å². The van der Waals surface area contributed by atoms with Gasteiger partial charge in [0.25, 0.3) is 0 Å². The SMILES string of the molecule is CCC1(COCC(C)O)COC(CC(C)(C)C)(CC(C)(C)C)OC1. The van der Waals surface area contributed by atoms with Crippen molar-refractivity contribution in [1.82, 2.24) is 0 Å². The molecule has 1 atom stereocenters. The summed E-state index contributed by atoms with van der Waals surface area (Å²) in [6.07, 6.45) is 2.26. The summed E-state index contributed by atoms with van der Waals surface area (Å²) in [6, 6.07) is 0. The molecule has 1 aliphatic rings. The normalized spacial score (nSPS) is 22.4. The minimum Gasteiger partial charge on any atom is -0.391 e. The second kappa shape index (κ2) is 8.03. The van der Waals surface area contributed by atoms with E-state index in [1.165, 1.54) is 0 Å². The molecule has 0 amide bonds. The summed E-state index contributed by atoms with van der Waals surface area (Å²) in [7, 11) is 0. The Morgan fingerprint density at radius 1 is 1.00 bits per heavy atom. The lowest BCUT2D eigenvalue weighted by molar-refractivity contribution is -0.329. The van der Waals surface area contributed by atoms with Crippen LogP contribution < -0.4 is 0 Å². The summed E-state index contributed by atoms with van der Waals surface area (Å²) in [5.41, 5.74) is 0.161. The first kappa shape index (κ1) is 21.9. The van der Waals surface area contributed by atoms with Gasteiger partial charge in [-0.15, -0.1) is 0 Å². The van der Waals surface area contributed by atoms with Crippen LogP contribution in [0.25, 0.3) is 0 Å². The van der Waals surface area contributed by atoms with E-state index in [4.69, 9.17) is 14.2 Å². The molecule has 1 rings (SSSR count). The fourth-order valence-corrected chi connectivity index (χ4v) is 3.37. The Hall–Kier alpha value is -0.160. The van der Waals surface area contributed by atoms with Gasteiger partial charge in [0.15, 0.2) is 5.79 Å². The third-order valence-electron chi connectivity index (χ3n) is 4.40. The van der Waals surface area contributed by atoms with Gasteiger partial charge in [-0.1, -0.05) is 48.5 Å². The average Bonchev–Trinajstić information content (AvgIpc) is 2.37. The van der Waals surface area contributed by atoms with Crippen molar-refractivity contribution in [3.8, 4) is 0 Å². The molecule has 0 saturated carbocycles. The Bertz CT molecular complexity index is 350. The summed E-state index contributed by atoms with van der Waals surface area (Å²) >= 11 is 0. The Balaban J connectivity index is 2.79. The molecule has 0 aromatic rings. The highest BCUT2D eigenvalue weighted by Crippen LogP contribution is 2.44. The quantitative estimate of drug-likeness (QED) is 0.744. The van der Waals surface area contributed by atoms with Crippen molar-refractivity contribution in [1.29, 1.82) is 0 Å². The summed E-state index contributed by atoms with van der Waals surface area (Å²) in [5.74, 6) is -0.514. The Labute approximate surface area is 149 Å². The van der Waals surface area contributed by atoms with E-state index in [0.29, 0.717) is 26.4 Å². The molecule has 0 aromatic heterocycles. The number of aliphatic hydroxyl groups excluding tert-OH is 1. The van der Waals surface area contributed by atoms with E-state index in [-0.39, 0.29) is 16.2 Å². The molecule has 1 fully saturated rings. The lowest BCUT2D eigenvalue weighted by Gasteiger charge is -2.50. The van der Waals surface area contributed by atoms with E-state index in [2.05, 4.69) is 48.5 Å². The Kier molecular flexibility index (Phi) is 7.32. The summed E-state index contributed by atoms with van der Waals surface area (Å²) < 4.78 is 18.5. The van der Waals surface area contributed by atoms with E-state index in [9.17, 15) is 5.11 Å². The van der Waals surface area contributed by atoms with Crippen LogP contribution in [0.15, 0.2) is 0 Å². The molecule has 0 bridgehead atoms. The molecule has 1 heterocycles. The zero-order valence-corrected chi connectivity index (χ0v) is 17.2. The van der Waals surface area contributed by atoms with Crippen LogP contribution in [0.3, 0.4) is 0 Å². The molecule has 4 heteroatoms. The monoisotopic (exact) mass is 344 g/mol. The van der Waals surface area contributed by atoms with E-state index < -0.39 is 11.9 Å². The van der Waals surface area contributed by atoms with Gasteiger partial charge in [-0.05, 0) is 24.2 Å². The van der Waals surface area contributed by atoms with Crippen LogP contribution in [0.5, 0.6) is 0 Å². The van der Waals surface area contributed by atoms with Gasteiger partial charge in [-0.25, -0.2) is 0 Å². The van der Waals surface area contributed by atoms with Crippen LogP contribution in [0.2, 0.25) is 0 Å². The van der Waals surface area contributed by atoms with Crippen LogP contribution in [-0.2, 0) is 14.2 Å². The highest BCUT2D eigenvalue weighted by atomic mass is 16.7. The third kappa shape index (κ3) is 7.38. The first-order chi connectivity index (χ1) is 10.8. The zero-order chi connectivity index (χ0) is 18.6. The maximum absolute atomic E-state index is 9.39. The molecular weight excluding hydrogens is 304 g/mol. The first-order valence-electron chi connectivity index (χ1n) is 9.34. The van der Waals surface area contributed by atoms with E-state index in [1.54, 1.807) is 6.92 Å². The topological polar surface area (TPSA) is 47.9 Å². The minimum absolute atomic E-state index is 0.117. The molecule has 1 aliphatic heterocycles. The predicted molar refractivity (Wildman–Crippen MR) is 98.0 cm³/mol. The fraction of sp³-hybridized carbons (Fsp3) is 1.00. The van der Waals surface area contributed by atoms with Crippen molar-refractivity contribution >= 4 is 0 Å². The standard InChI is InChI=1S/C20H40O4/c1-9-19(13-22-10-16(2)21)14-23-20(24-15-19,11-17(3,4)5)12-18(6,7)8/h16,21H,9-15H2,1-8H3. The molecule has 144 valence electrons. The van der Waals surface area contributed by atoms with Crippen LogP contribution in [-0.4, -0.2) is 43.4 Å². The van der Waals surface area contributed by atoms with Gasteiger partial charge in [0.05, 0.1) is 32.5 Å². The second-order valence-corrected chi connectivity index (χ2v) is 10.2. The number of ether oxygens (including phenoxy) is 3. The van der Waals surface area contributed by atoms with Crippen molar-refractivity contribution in [2.45, 2.75) is 86.5 Å². The Morgan fingerprint density at radius 2 is 1.46 bits per heavy atom. The van der Waals surface area contributed by atoms with Crippen LogP contribution in [0.4, 0.5) is 0 Å². The molecule has 4 nitrogen and oxygen atoms in total. The molecule has 0 radical (unpaired) electrons. The van der Waals surface area contributed by atoms with Gasteiger partial charge in [-0.2, -0.15) is 0 Å². The smallest absolute Gasteiger partial charge is 0.169 e. The molecule has 24 heavy (non-hydrogen) atoms.